The second-order valence-corrected chi connectivity index (χ2v) is 12.2. The summed E-state index contributed by atoms with van der Waals surface area (Å²) in [5.74, 6) is 0.940. The molecule has 1 aliphatic heterocycles. The van der Waals surface area contributed by atoms with E-state index >= 15 is 0 Å². The van der Waals surface area contributed by atoms with E-state index in [1.807, 2.05) is 22.8 Å². The summed E-state index contributed by atoms with van der Waals surface area (Å²) in [6.07, 6.45) is -0.711. The zero-order valence-corrected chi connectivity index (χ0v) is 22.1. The highest BCUT2D eigenvalue weighted by molar-refractivity contribution is 5.93. The average molecular weight is 510 g/mol. The van der Waals surface area contributed by atoms with Gasteiger partial charge in [0.25, 0.3) is 6.43 Å². The Morgan fingerprint density at radius 1 is 1.05 bits per heavy atom. The summed E-state index contributed by atoms with van der Waals surface area (Å²) in [6, 6.07) is 7.39. The van der Waals surface area contributed by atoms with Gasteiger partial charge < -0.3 is 10.0 Å². The molecule has 0 unspecified atom stereocenters. The fourth-order valence-electron chi connectivity index (χ4n) is 5.79. The van der Waals surface area contributed by atoms with Crippen molar-refractivity contribution in [3.8, 4) is 5.69 Å². The van der Waals surface area contributed by atoms with E-state index in [4.69, 9.17) is 4.98 Å². The normalized spacial score (nSPS) is 17.8. The van der Waals surface area contributed by atoms with Gasteiger partial charge in [0.15, 0.2) is 0 Å². The Balaban J connectivity index is 1.67. The van der Waals surface area contributed by atoms with Gasteiger partial charge in [0.1, 0.15) is 5.82 Å². The van der Waals surface area contributed by atoms with Crippen LogP contribution in [0, 0.1) is 0 Å². The monoisotopic (exact) mass is 509 g/mol. The maximum Gasteiger partial charge on any atom is 0.328 e. The maximum absolute atomic E-state index is 14.2. The van der Waals surface area contributed by atoms with Crippen molar-refractivity contribution in [3.05, 3.63) is 51.7 Å². The van der Waals surface area contributed by atoms with Gasteiger partial charge in [-0.05, 0) is 55.5 Å². The minimum Gasteiger partial charge on any atom is -0.386 e. The lowest BCUT2D eigenvalue weighted by atomic mass is 9.94. The summed E-state index contributed by atoms with van der Waals surface area (Å²) in [5, 5.41) is 10.4. The third kappa shape index (κ3) is 3.69. The predicted molar refractivity (Wildman–Crippen MR) is 141 cm³/mol. The van der Waals surface area contributed by atoms with Crippen molar-refractivity contribution in [1.29, 1.82) is 0 Å². The highest BCUT2D eigenvalue weighted by Gasteiger charge is 2.38. The lowest BCUT2D eigenvalue weighted by Gasteiger charge is -2.46. The molecule has 0 radical (unpaired) electrons. The predicted octanol–water partition coefficient (Wildman–Crippen LogP) is 4.90. The summed E-state index contributed by atoms with van der Waals surface area (Å²) in [7, 11) is 3.48. The van der Waals surface area contributed by atoms with Gasteiger partial charge in [-0.2, -0.15) is 0 Å². The third-order valence-corrected chi connectivity index (χ3v) is 7.77. The molecule has 0 amide bonds. The van der Waals surface area contributed by atoms with E-state index < -0.39 is 12.0 Å². The van der Waals surface area contributed by atoms with Gasteiger partial charge in [0.05, 0.1) is 39.0 Å². The molecule has 0 spiro atoms. The number of halogens is 2. The zero-order valence-electron chi connectivity index (χ0n) is 22.1. The molecule has 0 atom stereocenters. The van der Waals surface area contributed by atoms with E-state index in [-0.39, 0.29) is 22.6 Å². The molecule has 37 heavy (non-hydrogen) atoms. The van der Waals surface area contributed by atoms with Crippen LogP contribution >= 0.6 is 0 Å². The summed E-state index contributed by atoms with van der Waals surface area (Å²) >= 11 is 0. The number of aliphatic hydroxyl groups is 1. The minimum absolute atomic E-state index is 0.0730. The van der Waals surface area contributed by atoms with E-state index in [1.165, 1.54) is 0 Å². The summed E-state index contributed by atoms with van der Waals surface area (Å²) in [5.41, 5.74) is 3.86. The highest BCUT2D eigenvalue weighted by atomic mass is 19.3. The molecule has 0 bridgehead atoms. The molecule has 2 aromatic heterocycles. The first kappa shape index (κ1) is 24.2. The first-order valence-corrected chi connectivity index (χ1v) is 12.8. The number of aromatic nitrogens is 4. The van der Waals surface area contributed by atoms with Crippen molar-refractivity contribution in [3.63, 3.8) is 0 Å². The number of rotatable bonds is 4. The van der Waals surface area contributed by atoms with Crippen LogP contribution in [0.3, 0.4) is 0 Å². The van der Waals surface area contributed by atoms with Crippen LogP contribution in [0.2, 0.25) is 0 Å². The summed E-state index contributed by atoms with van der Waals surface area (Å²) < 4.78 is 33.6. The van der Waals surface area contributed by atoms with Crippen LogP contribution in [0.15, 0.2) is 29.1 Å². The van der Waals surface area contributed by atoms with E-state index in [2.05, 4.69) is 25.7 Å². The smallest absolute Gasteiger partial charge is 0.328 e. The number of aryl methyl sites for hydroxylation is 2. The van der Waals surface area contributed by atoms with Crippen LogP contribution in [0.5, 0.6) is 0 Å². The fourth-order valence-corrected chi connectivity index (χ4v) is 5.79. The molecule has 1 N–H and O–H groups in total. The standard InChI is InChI=1S/C28H33F2N5O2/c1-27(2,3)25-31-19-11-17(15-7-8-15)18(24(29)30)12-20(19)35(25)16-9-21-23(33(6)26(36)32(21)5)22(10-16)34-13-28(4,37)14-34/h9-12,15,24,37H,7-8,13-14H2,1-6H3. The molecule has 1 aliphatic carbocycles. The van der Waals surface area contributed by atoms with Gasteiger partial charge in [-0.15, -0.1) is 0 Å². The number of hydrogen-bond donors (Lipinski definition) is 1. The highest BCUT2D eigenvalue weighted by Crippen LogP contribution is 2.46. The Hall–Kier alpha value is -3.20. The van der Waals surface area contributed by atoms with E-state index in [0.29, 0.717) is 29.7 Å². The third-order valence-electron chi connectivity index (χ3n) is 7.77. The Morgan fingerprint density at radius 2 is 1.73 bits per heavy atom. The average Bonchev–Trinajstić information content (AvgIpc) is 3.54. The SMILES string of the molecule is Cn1c(=O)n(C)c2c(N3CC(C)(O)C3)cc(-n3c(C(C)(C)C)nc4cc(C5CC5)c(C(F)F)cc43)cc21. The molecule has 4 aromatic rings. The van der Waals surface area contributed by atoms with Crippen LogP contribution in [-0.4, -0.2) is 42.5 Å². The fraction of sp³-hybridized carbons (Fsp3) is 0.500. The number of β-amino-alcohol motifs (C(OH)–C–C–N with tert-alkyl or cyclic N) is 1. The van der Waals surface area contributed by atoms with Gasteiger partial charge in [-0.3, -0.25) is 13.7 Å². The van der Waals surface area contributed by atoms with Gasteiger partial charge in [0.2, 0.25) is 0 Å². The molecule has 1 saturated heterocycles. The molecule has 7 nitrogen and oxygen atoms in total. The van der Waals surface area contributed by atoms with Crippen molar-refractivity contribution in [2.24, 2.45) is 14.1 Å². The largest absolute Gasteiger partial charge is 0.386 e. The Bertz CT molecular complexity index is 1620. The molecular weight excluding hydrogens is 476 g/mol. The van der Waals surface area contributed by atoms with Crippen molar-refractivity contribution < 1.29 is 13.9 Å². The number of imidazole rings is 2. The van der Waals surface area contributed by atoms with Crippen molar-refractivity contribution >= 4 is 27.8 Å². The number of anilines is 1. The number of alkyl halides is 2. The Labute approximate surface area is 213 Å². The van der Waals surface area contributed by atoms with E-state index in [9.17, 15) is 18.7 Å². The van der Waals surface area contributed by atoms with Crippen molar-refractivity contribution in [2.75, 3.05) is 18.0 Å². The van der Waals surface area contributed by atoms with Crippen LogP contribution in [0.4, 0.5) is 14.5 Å². The van der Waals surface area contributed by atoms with Crippen molar-refractivity contribution in [1.82, 2.24) is 18.7 Å². The molecule has 196 valence electrons. The van der Waals surface area contributed by atoms with Crippen molar-refractivity contribution in [2.45, 2.75) is 63.9 Å². The number of nitrogens with zero attached hydrogens (tertiary/aromatic N) is 5. The molecule has 2 fully saturated rings. The Morgan fingerprint density at radius 3 is 2.30 bits per heavy atom. The number of fused-ring (bicyclic) bond motifs is 2. The molecule has 2 aliphatic rings. The number of hydrogen-bond acceptors (Lipinski definition) is 4. The first-order chi connectivity index (χ1) is 17.3. The van der Waals surface area contributed by atoms with Crippen LogP contribution < -0.4 is 10.6 Å². The second kappa shape index (κ2) is 7.66. The van der Waals surface area contributed by atoms with Crippen LogP contribution in [0.1, 0.15) is 69.8 Å². The molecule has 9 heteroatoms. The van der Waals surface area contributed by atoms with Gasteiger partial charge in [-0.1, -0.05) is 20.8 Å². The topological polar surface area (TPSA) is 68.2 Å². The molecule has 1 saturated carbocycles. The Kier molecular flexibility index (Phi) is 5.00. The van der Waals surface area contributed by atoms with E-state index in [1.54, 1.807) is 36.2 Å². The summed E-state index contributed by atoms with van der Waals surface area (Å²) in [6.45, 7) is 8.84. The number of benzene rings is 2. The van der Waals surface area contributed by atoms with Gasteiger partial charge in [-0.25, -0.2) is 18.6 Å². The maximum atomic E-state index is 14.2. The van der Waals surface area contributed by atoms with Crippen LogP contribution in [-0.2, 0) is 19.5 Å². The zero-order chi connectivity index (χ0) is 26.6. The first-order valence-electron chi connectivity index (χ1n) is 12.8. The lowest BCUT2D eigenvalue weighted by Crippen LogP contribution is -2.60. The van der Waals surface area contributed by atoms with Gasteiger partial charge >= 0.3 is 5.69 Å². The molecular formula is C28H33F2N5O2. The lowest BCUT2D eigenvalue weighted by molar-refractivity contribution is 0.0312. The molecule has 2 aromatic carbocycles. The molecule has 3 heterocycles. The second-order valence-electron chi connectivity index (χ2n) is 12.2. The van der Waals surface area contributed by atoms with E-state index in [0.717, 1.165) is 41.1 Å². The van der Waals surface area contributed by atoms with Gasteiger partial charge in [0, 0.05) is 38.2 Å². The van der Waals surface area contributed by atoms with Crippen LogP contribution in [0.25, 0.3) is 27.8 Å². The quantitative estimate of drug-likeness (QED) is 0.425. The summed E-state index contributed by atoms with van der Waals surface area (Å²) in [4.78, 5) is 19.9. The minimum atomic E-state index is -2.57. The molecule has 6 rings (SSSR count).